The SMILES string of the molecule is CN1Cc2ccc(C(=O)NCc3c(F)cc(F)cc3F)cc2N(Cc2cc(C3CC3)no2)C1=O. The summed E-state index contributed by atoms with van der Waals surface area (Å²) < 4.78 is 46.3. The van der Waals surface area contributed by atoms with Gasteiger partial charge >= 0.3 is 6.03 Å². The lowest BCUT2D eigenvalue weighted by Gasteiger charge is -2.34. The molecule has 0 atom stereocenters. The van der Waals surface area contributed by atoms with E-state index in [0.29, 0.717) is 36.0 Å². The summed E-state index contributed by atoms with van der Waals surface area (Å²) in [5.41, 5.74) is 2.01. The number of hydrogen-bond acceptors (Lipinski definition) is 4. The number of benzene rings is 2. The Morgan fingerprint density at radius 3 is 2.59 bits per heavy atom. The van der Waals surface area contributed by atoms with Crippen LogP contribution < -0.4 is 10.2 Å². The first-order valence-electron chi connectivity index (χ1n) is 10.8. The molecule has 1 saturated carbocycles. The van der Waals surface area contributed by atoms with Gasteiger partial charge in [-0.05, 0) is 30.5 Å². The molecular formula is C24H21F3N4O3. The number of nitrogens with zero attached hydrogens (tertiary/aromatic N) is 3. The van der Waals surface area contributed by atoms with Gasteiger partial charge in [-0.2, -0.15) is 0 Å². The number of rotatable bonds is 6. The van der Waals surface area contributed by atoms with Gasteiger partial charge in [0.25, 0.3) is 5.91 Å². The number of carbonyl (C=O) groups excluding carboxylic acids is 2. The minimum atomic E-state index is -1.08. The van der Waals surface area contributed by atoms with Gasteiger partial charge in [-0.1, -0.05) is 11.2 Å². The van der Waals surface area contributed by atoms with Crippen LogP contribution in [0.1, 0.15) is 51.7 Å². The molecule has 0 spiro atoms. The average molecular weight is 470 g/mol. The molecule has 1 aliphatic carbocycles. The molecule has 176 valence electrons. The molecule has 7 nitrogen and oxygen atoms in total. The van der Waals surface area contributed by atoms with Crippen molar-refractivity contribution in [3.63, 3.8) is 0 Å². The van der Waals surface area contributed by atoms with E-state index < -0.39 is 35.5 Å². The minimum absolute atomic E-state index is 0.146. The highest BCUT2D eigenvalue weighted by molar-refractivity contribution is 5.99. The Bertz CT molecular complexity index is 1270. The summed E-state index contributed by atoms with van der Waals surface area (Å²) in [7, 11) is 1.68. The number of anilines is 1. The van der Waals surface area contributed by atoms with E-state index in [1.807, 2.05) is 6.07 Å². The van der Waals surface area contributed by atoms with Crippen LogP contribution in [0.2, 0.25) is 0 Å². The zero-order chi connectivity index (χ0) is 24.0. The first-order chi connectivity index (χ1) is 16.3. The summed E-state index contributed by atoms with van der Waals surface area (Å²) in [6, 6.07) is 7.57. The molecule has 1 fully saturated rings. The molecule has 0 bridgehead atoms. The van der Waals surface area contributed by atoms with E-state index in [9.17, 15) is 22.8 Å². The number of nitrogens with one attached hydrogen (secondary N) is 1. The van der Waals surface area contributed by atoms with E-state index in [1.54, 1.807) is 30.1 Å². The van der Waals surface area contributed by atoms with Gasteiger partial charge in [0.1, 0.15) is 17.5 Å². The second kappa shape index (κ2) is 8.51. The van der Waals surface area contributed by atoms with Crippen LogP contribution in [0.5, 0.6) is 0 Å². The first kappa shape index (κ1) is 22.0. The fourth-order valence-corrected chi connectivity index (χ4v) is 4.02. The third-order valence-corrected chi connectivity index (χ3v) is 6.02. The maximum Gasteiger partial charge on any atom is 0.324 e. The van der Waals surface area contributed by atoms with Crippen molar-refractivity contribution in [2.45, 2.75) is 38.4 Å². The van der Waals surface area contributed by atoms with Crippen molar-refractivity contribution in [3.8, 4) is 0 Å². The van der Waals surface area contributed by atoms with Crippen molar-refractivity contribution in [2.75, 3.05) is 11.9 Å². The molecule has 1 aromatic heterocycles. The Labute approximate surface area is 193 Å². The van der Waals surface area contributed by atoms with E-state index in [0.717, 1.165) is 24.1 Å². The number of aromatic nitrogens is 1. The molecule has 2 heterocycles. The molecule has 2 aliphatic rings. The molecule has 34 heavy (non-hydrogen) atoms. The van der Waals surface area contributed by atoms with Gasteiger partial charge in [-0.15, -0.1) is 0 Å². The third-order valence-electron chi connectivity index (χ3n) is 6.02. The first-order valence-corrected chi connectivity index (χ1v) is 10.8. The summed E-state index contributed by atoms with van der Waals surface area (Å²) in [6.45, 7) is 0.0521. The fraction of sp³-hybridized carbons (Fsp3) is 0.292. The monoisotopic (exact) mass is 470 g/mol. The Morgan fingerprint density at radius 1 is 1.15 bits per heavy atom. The van der Waals surface area contributed by atoms with Gasteiger partial charge in [0.15, 0.2) is 5.76 Å². The number of urea groups is 1. The van der Waals surface area contributed by atoms with E-state index >= 15 is 0 Å². The summed E-state index contributed by atoms with van der Waals surface area (Å²) in [5, 5.41) is 6.53. The summed E-state index contributed by atoms with van der Waals surface area (Å²) in [6.07, 6.45) is 2.15. The smallest absolute Gasteiger partial charge is 0.324 e. The standard InChI is InChI=1S/C24H21F3N4O3/c1-30-11-15-5-4-14(23(32)28-10-18-19(26)7-16(25)8-20(18)27)6-22(15)31(24(30)33)12-17-9-21(29-34-17)13-2-3-13/h4-9,13H,2-3,10-12H2,1H3,(H,28,32). The lowest BCUT2D eigenvalue weighted by Crippen LogP contribution is -2.44. The van der Waals surface area contributed by atoms with Crippen molar-refractivity contribution >= 4 is 17.6 Å². The van der Waals surface area contributed by atoms with Gasteiger partial charge < -0.3 is 14.7 Å². The second-order valence-corrected chi connectivity index (χ2v) is 8.59. The number of hydrogen-bond donors (Lipinski definition) is 1. The molecule has 2 aromatic carbocycles. The minimum Gasteiger partial charge on any atom is -0.359 e. The molecule has 0 radical (unpaired) electrons. The topological polar surface area (TPSA) is 78.7 Å². The Kier molecular flexibility index (Phi) is 5.51. The lowest BCUT2D eigenvalue weighted by molar-refractivity contribution is 0.0950. The summed E-state index contributed by atoms with van der Waals surface area (Å²) >= 11 is 0. The zero-order valence-electron chi connectivity index (χ0n) is 18.3. The van der Waals surface area contributed by atoms with Crippen LogP contribution in [0, 0.1) is 17.5 Å². The molecule has 0 saturated heterocycles. The second-order valence-electron chi connectivity index (χ2n) is 8.59. The molecule has 5 rings (SSSR count). The number of amides is 3. The number of fused-ring (bicyclic) bond motifs is 1. The average Bonchev–Trinajstić information content (AvgIpc) is 3.54. The van der Waals surface area contributed by atoms with Crippen molar-refractivity contribution in [3.05, 3.63) is 82.0 Å². The van der Waals surface area contributed by atoms with Gasteiger partial charge in [-0.25, -0.2) is 18.0 Å². The molecule has 10 heteroatoms. The van der Waals surface area contributed by atoms with Crippen molar-refractivity contribution < 1.29 is 27.3 Å². The Hall–Kier alpha value is -3.82. The van der Waals surface area contributed by atoms with E-state index in [-0.39, 0.29) is 18.1 Å². The van der Waals surface area contributed by atoms with E-state index in [2.05, 4.69) is 10.5 Å². The van der Waals surface area contributed by atoms with Crippen LogP contribution in [0.3, 0.4) is 0 Å². The third kappa shape index (κ3) is 4.23. The van der Waals surface area contributed by atoms with E-state index in [1.165, 1.54) is 4.90 Å². The quantitative estimate of drug-likeness (QED) is 0.577. The fourth-order valence-electron chi connectivity index (χ4n) is 4.02. The predicted octanol–water partition coefficient (Wildman–Crippen LogP) is 4.47. The molecule has 1 N–H and O–H groups in total. The van der Waals surface area contributed by atoms with Gasteiger partial charge in [0.2, 0.25) is 0 Å². The molecule has 0 unspecified atom stereocenters. The van der Waals surface area contributed by atoms with Crippen LogP contribution in [-0.4, -0.2) is 29.0 Å². The summed E-state index contributed by atoms with van der Waals surface area (Å²) in [5.74, 6) is -2.84. The normalized spacial score (nSPS) is 15.5. The largest absolute Gasteiger partial charge is 0.359 e. The van der Waals surface area contributed by atoms with Gasteiger partial charge in [-0.3, -0.25) is 9.69 Å². The highest BCUT2D eigenvalue weighted by atomic mass is 19.1. The van der Waals surface area contributed by atoms with Crippen LogP contribution in [-0.2, 0) is 19.6 Å². The van der Waals surface area contributed by atoms with Crippen LogP contribution in [0.25, 0.3) is 0 Å². The Morgan fingerprint density at radius 2 is 1.88 bits per heavy atom. The Balaban J connectivity index is 1.37. The number of halogens is 3. The van der Waals surface area contributed by atoms with E-state index in [4.69, 9.17) is 4.52 Å². The van der Waals surface area contributed by atoms with Crippen molar-refractivity contribution in [1.82, 2.24) is 15.4 Å². The molecule has 1 aliphatic heterocycles. The summed E-state index contributed by atoms with van der Waals surface area (Å²) in [4.78, 5) is 28.7. The maximum absolute atomic E-state index is 13.9. The zero-order valence-corrected chi connectivity index (χ0v) is 18.3. The number of carbonyl (C=O) groups is 2. The van der Waals surface area contributed by atoms with Crippen molar-refractivity contribution in [2.24, 2.45) is 0 Å². The van der Waals surface area contributed by atoms with Crippen LogP contribution in [0.15, 0.2) is 40.9 Å². The molecular weight excluding hydrogens is 449 g/mol. The molecule has 3 amide bonds. The molecule has 3 aromatic rings. The highest BCUT2D eigenvalue weighted by Crippen LogP contribution is 2.40. The predicted molar refractivity (Wildman–Crippen MR) is 115 cm³/mol. The highest BCUT2D eigenvalue weighted by Gasteiger charge is 2.31. The van der Waals surface area contributed by atoms with Gasteiger partial charge in [0, 0.05) is 55.4 Å². The van der Waals surface area contributed by atoms with Gasteiger partial charge in [0.05, 0.1) is 17.9 Å². The maximum atomic E-state index is 13.9. The van der Waals surface area contributed by atoms with Crippen LogP contribution >= 0.6 is 0 Å². The lowest BCUT2D eigenvalue weighted by atomic mass is 10.0. The van der Waals surface area contributed by atoms with Crippen LogP contribution in [0.4, 0.5) is 23.7 Å². The van der Waals surface area contributed by atoms with Crippen molar-refractivity contribution in [1.29, 1.82) is 0 Å².